The van der Waals surface area contributed by atoms with Crippen molar-refractivity contribution in [3.8, 4) is 5.75 Å². The normalized spacial score (nSPS) is 18.1. The molecule has 1 aromatic heterocycles. The Morgan fingerprint density at radius 3 is 2.58 bits per heavy atom. The Hall–Kier alpha value is -2.68. The van der Waals surface area contributed by atoms with E-state index in [2.05, 4.69) is 30.4 Å². The third-order valence-electron chi connectivity index (χ3n) is 6.88. The van der Waals surface area contributed by atoms with E-state index in [0.717, 1.165) is 28.7 Å². The quantitative estimate of drug-likeness (QED) is 0.433. The maximum atomic E-state index is 13.6. The van der Waals surface area contributed by atoms with E-state index >= 15 is 0 Å². The van der Waals surface area contributed by atoms with Crippen LogP contribution in [0.2, 0.25) is 0 Å². The molecule has 0 spiro atoms. The van der Waals surface area contributed by atoms with Gasteiger partial charge in [-0.05, 0) is 67.1 Å². The molecule has 2 atom stereocenters. The van der Waals surface area contributed by atoms with Crippen LogP contribution in [0.4, 0.5) is 0 Å². The monoisotopic (exact) mass is 526 g/mol. The van der Waals surface area contributed by atoms with E-state index in [-0.39, 0.29) is 29.4 Å². The lowest BCUT2D eigenvalue weighted by Gasteiger charge is -2.24. The third-order valence-corrected chi connectivity index (χ3v) is 10.1. The fourth-order valence-electron chi connectivity index (χ4n) is 4.72. The summed E-state index contributed by atoms with van der Waals surface area (Å²) >= 11 is 1.53. The van der Waals surface area contributed by atoms with Crippen molar-refractivity contribution < 1.29 is 17.9 Å². The van der Waals surface area contributed by atoms with Crippen molar-refractivity contribution in [2.45, 2.75) is 64.0 Å². The zero-order valence-corrected chi connectivity index (χ0v) is 23.1. The minimum absolute atomic E-state index is 0.0758. The maximum Gasteiger partial charge on any atom is 0.261 e. The smallest absolute Gasteiger partial charge is 0.261 e. The molecule has 1 N–H and O–H groups in total. The molecular formula is C28H34N2O4S2. The van der Waals surface area contributed by atoms with E-state index < -0.39 is 10.0 Å². The van der Waals surface area contributed by atoms with Crippen LogP contribution in [-0.4, -0.2) is 38.3 Å². The minimum atomic E-state index is -3.72. The molecule has 2 heterocycles. The van der Waals surface area contributed by atoms with Crippen LogP contribution in [0.1, 0.15) is 69.4 Å². The second kappa shape index (κ2) is 10.7. The summed E-state index contributed by atoms with van der Waals surface area (Å²) in [5.41, 5.74) is 4.25. The molecule has 0 bridgehead atoms. The number of sulfonamides is 1. The van der Waals surface area contributed by atoms with E-state index in [9.17, 15) is 13.2 Å². The molecule has 0 saturated heterocycles. The van der Waals surface area contributed by atoms with Gasteiger partial charge in [0.05, 0.1) is 11.4 Å². The summed E-state index contributed by atoms with van der Waals surface area (Å²) in [6.07, 6.45) is 1.37. The van der Waals surface area contributed by atoms with Gasteiger partial charge in [0.1, 0.15) is 16.7 Å². The fraction of sp³-hybridized carbons (Fsp3) is 0.393. The number of benzene rings is 2. The zero-order valence-electron chi connectivity index (χ0n) is 21.5. The number of carbonyl (C=O) groups is 1. The zero-order chi connectivity index (χ0) is 26.0. The molecule has 1 unspecified atom stereocenters. The first-order valence-electron chi connectivity index (χ1n) is 12.4. The highest BCUT2D eigenvalue weighted by Crippen LogP contribution is 2.38. The molecule has 0 aliphatic carbocycles. The number of ether oxygens (including phenoxy) is 1. The van der Waals surface area contributed by atoms with Crippen molar-refractivity contribution in [3.63, 3.8) is 0 Å². The lowest BCUT2D eigenvalue weighted by molar-refractivity contribution is 0.0967. The Kier molecular flexibility index (Phi) is 7.87. The molecule has 8 heteroatoms. The van der Waals surface area contributed by atoms with E-state index in [4.69, 9.17) is 4.74 Å². The molecule has 0 saturated carbocycles. The second-order valence-corrected chi connectivity index (χ2v) is 12.3. The molecule has 36 heavy (non-hydrogen) atoms. The summed E-state index contributed by atoms with van der Waals surface area (Å²) in [6.45, 7) is 8.79. The van der Waals surface area contributed by atoms with Gasteiger partial charge < -0.3 is 10.1 Å². The van der Waals surface area contributed by atoms with Gasteiger partial charge >= 0.3 is 0 Å². The molecule has 1 amide bonds. The van der Waals surface area contributed by atoms with Crippen LogP contribution < -0.4 is 10.1 Å². The Bertz CT molecular complexity index is 1360. The SMILES string of the molecule is CCC(c1ccc(C)c(CN2C[C@@H](CC)Oc3ccccc3S2(=O)=O)c1)c1sc(C(=O)NC)cc1C. The number of rotatable bonds is 7. The fourth-order valence-corrected chi connectivity index (χ4v) is 7.62. The van der Waals surface area contributed by atoms with Gasteiger partial charge in [-0.15, -0.1) is 11.3 Å². The summed E-state index contributed by atoms with van der Waals surface area (Å²) in [5.74, 6) is 0.470. The van der Waals surface area contributed by atoms with Crippen molar-refractivity contribution in [1.29, 1.82) is 0 Å². The van der Waals surface area contributed by atoms with Crippen LogP contribution in [-0.2, 0) is 16.6 Å². The number of hydrogen-bond donors (Lipinski definition) is 1. The first-order chi connectivity index (χ1) is 17.2. The molecule has 0 fully saturated rings. The van der Waals surface area contributed by atoms with Crippen molar-refractivity contribution in [2.75, 3.05) is 13.6 Å². The van der Waals surface area contributed by atoms with Gasteiger partial charge in [0.25, 0.3) is 5.91 Å². The van der Waals surface area contributed by atoms with Crippen LogP contribution in [0.15, 0.2) is 53.4 Å². The van der Waals surface area contributed by atoms with Crippen molar-refractivity contribution in [3.05, 3.63) is 80.5 Å². The Labute approximate surface area is 218 Å². The van der Waals surface area contributed by atoms with Crippen molar-refractivity contribution in [1.82, 2.24) is 9.62 Å². The summed E-state index contributed by atoms with van der Waals surface area (Å²) in [7, 11) is -2.08. The molecule has 3 aromatic rings. The van der Waals surface area contributed by atoms with Gasteiger partial charge in [-0.2, -0.15) is 4.31 Å². The molecule has 2 aromatic carbocycles. The van der Waals surface area contributed by atoms with Crippen molar-refractivity contribution in [2.24, 2.45) is 0 Å². The molecule has 4 rings (SSSR count). The standard InChI is InChI=1S/C28H34N2O4S2/c1-6-22-17-30(36(32,33)26-11-9-8-10-24(26)34-22)16-21-15-20(13-12-18(21)3)23(7-2)27-19(4)14-25(35-27)28(31)29-5/h8-15,22-23H,6-7,16-17H2,1-5H3,(H,29,31)/t22-,23?/m1/s1. The summed E-state index contributed by atoms with van der Waals surface area (Å²) in [6, 6.07) is 15.2. The Morgan fingerprint density at radius 2 is 1.89 bits per heavy atom. The Morgan fingerprint density at radius 1 is 1.14 bits per heavy atom. The highest BCUT2D eigenvalue weighted by Gasteiger charge is 2.34. The average Bonchev–Trinajstić information content (AvgIpc) is 3.21. The first kappa shape index (κ1) is 26.4. The second-order valence-electron chi connectivity index (χ2n) is 9.28. The number of carbonyl (C=O) groups excluding carboxylic acids is 1. The van der Waals surface area contributed by atoms with Crippen LogP contribution in [0.3, 0.4) is 0 Å². The van der Waals surface area contributed by atoms with E-state index in [1.54, 1.807) is 35.6 Å². The molecule has 1 aliphatic heterocycles. The number of nitrogens with zero attached hydrogens (tertiary/aromatic N) is 1. The number of nitrogens with one attached hydrogen (secondary N) is 1. The summed E-state index contributed by atoms with van der Waals surface area (Å²) in [4.78, 5) is 14.3. The van der Waals surface area contributed by atoms with E-state index in [0.29, 0.717) is 23.6 Å². The minimum Gasteiger partial charge on any atom is -0.488 e. The number of hydrogen-bond acceptors (Lipinski definition) is 5. The highest BCUT2D eigenvalue weighted by atomic mass is 32.2. The van der Waals surface area contributed by atoms with Crippen LogP contribution in [0.5, 0.6) is 5.75 Å². The maximum absolute atomic E-state index is 13.6. The number of amides is 1. The van der Waals surface area contributed by atoms with Gasteiger partial charge in [-0.1, -0.05) is 44.2 Å². The van der Waals surface area contributed by atoms with Crippen LogP contribution in [0.25, 0.3) is 0 Å². The predicted molar refractivity (Wildman–Crippen MR) is 145 cm³/mol. The molecule has 6 nitrogen and oxygen atoms in total. The average molecular weight is 527 g/mol. The van der Waals surface area contributed by atoms with Gasteiger partial charge in [0, 0.05) is 24.4 Å². The summed E-state index contributed by atoms with van der Waals surface area (Å²) in [5, 5.41) is 2.71. The molecule has 0 radical (unpaired) electrons. The highest BCUT2D eigenvalue weighted by molar-refractivity contribution is 7.89. The number of aryl methyl sites for hydroxylation is 2. The van der Waals surface area contributed by atoms with Crippen LogP contribution >= 0.6 is 11.3 Å². The molecule has 1 aliphatic rings. The van der Waals surface area contributed by atoms with E-state index in [1.807, 2.05) is 26.8 Å². The molecular weight excluding hydrogens is 492 g/mol. The van der Waals surface area contributed by atoms with Crippen LogP contribution in [0, 0.1) is 13.8 Å². The molecule has 192 valence electrons. The summed E-state index contributed by atoms with van der Waals surface area (Å²) < 4.78 is 34.9. The lowest BCUT2D eigenvalue weighted by atomic mass is 9.90. The van der Waals surface area contributed by atoms with Gasteiger partial charge in [-0.3, -0.25) is 4.79 Å². The Balaban J connectivity index is 1.70. The lowest BCUT2D eigenvalue weighted by Crippen LogP contribution is -2.36. The number of thiophene rings is 1. The van der Waals surface area contributed by atoms with Crippen molar-refractivity contribution >= 4 is 27.3 Å². The predicted octanol–water partition coefficient (Wildman–Crippen LogP) is 5.63. The van der Waals surface area contributed by atoms with Gasteiger partial charge in [0.2, 0.25) is 10.0 Å². The van der Waals surface area contributed by atoms with E-state index in [1.165, 1.54) is 16.2 Å². The largest absolute Gasteiger partial charge is 0.488 e. The number of para-hydroxylation sites is 1. The van der Waals surface area contributed by atoms with Gasteiger partial charge in [0.15, 0.2) is 0 Å². The third kappa shape index (κ3) is 5.08. The first-order valence-corrected chi connectivity index (χ1v) is 14.6. The topological polar surface area (TPSA) is 75.7 Å². The van der Waals surface area contributed by atoms with Gasteiger partial charge in [-0.25, -0.2) is 8.42 Å². The number of fused-ring (bicyclic) bond motifs is 1.